The summed E-state index contributed by atoms with van der Waals surface area (Å²) in [5, 5.41) is 0.391. The molecule has 0 unspecified atom stereocenters. The molecule has 3 aromatic rings. The van der Waals surface area contributed by atoms with E-state index in [1.807, 2.05) is 0 Å². The van der Waals surface area contributed by atoms with E-state index in [2.05, 4.69) is 25.9 Å². The lowest BCUT2D eigenvalue weighted by atomic mass is 10.1. The molecule has 0 aliphatic heterocycles. The standard InChI is InChI=1S/C16H11BrF3N3O/c1-2-23-14-11(6-7-12(21-14)16(18,19)20)13(22-15(23)24)9-4-3-5-10(17)8-9/h3-8H,2H2,1H3. The number of aryl methyl sites for hydroxylation is 1. The molecular formula is C16H11BrF3N3O. The molecule has 0 N–H and O–H groups in total. The largest absolute Gasteiger partial charge is 0.433 e. The van der Waals surface area contributed by atoms with Crippen LogP contribution < -0.4 is 5.69 Å². The summed E-state index contributed by atoms with van der Waals surface area (Å²) in [5.74, 6) is 0. The molecule has 0 aliphatic carbocycles. The van der Waals surface area contributed by atoms with Crippen LogP contribution in [0.4, 0.5) is 13.2 Å². The molecule has 0 fully saturated rings. The van der Waals surface area contributed by atoms with E-state index in [1.165, 1.54) is 6.07 Å². The lowest BCUT2D eigenvalue weighted by Crippen LogP contribution is -2.24. The van der Waals surface area contributed by atoms with Crippen LogP contribution in [0.3, 0.4) is 0 Å². The Kier molecular flexibility index (Phi) is 4.16. The Morgan fingerprint density at radius 2 is 1.92 bits per heavy atom. The molecular weight excluding hydrogens is 387 g/mol. The highest BCUT2D eigenvalue weighted by molar-refractivity contribution is 9.10. The summed E-state index contributed by atoms with van der Waals surface area (Å²) in [4.78, 5) is 19.9. The molecule has 2 heterocycles. The molecule has 24 heavy (non-hydrogen) atoms. The van der Waals surface area contributed by atoms with Crippen molar-refractivity contribution >= 4 is 27.0 Å². The summed E-state index contributed by atoms with van der Waals surface area (Å²) >= 11 is 3.33. The van der Waals surface area contributed by atoms with Gasteiger partial charge in [-0.2, -0.15) is 18.2 Å². The minimum absolute atomic E-state index is 0.0256. The van der Waals surface area contributed by atoms with Crippen molar-refractivity contribution in [2.24, 2.45) is 0 Å². The molecule has 0 atom stereocenters. The topological polar surface area (TPSA) is 47.8 Å². The highest BCUT2D eigenvalue weighted by Crippen LogP contribution is 2.31. The van der Waals surface area contributed by atoms with Crippen molar-refractivity contribution in [3.63, 3.8) is 0 Å². The van der Waals surface area contributed by atoms with Gasteiger partial charge in [0.2, 0.25) is 0 Å². The summed E-state index contributed by atoms with van der Waals surface area (Å²) in [5.41, 5.74) is -0.768. The minimum Gasteiger partial charge on any atom is -0.276 e. The number of benzene rings is 1. The van der Waals surface area contributed by atoms with Crippen molar-refractivity contribution in [2.75, 3.05) is 0 Å². The fraction of sp³-hybridized carbons (Fsp3) is 0.188. The first-order chi connectivity index (χ1) is 11.3. The average molecular weight is 398 g/mol. The molecule has 0 amide bonds. The smallest absolute Gasteiger partial charge is 0.276 e. The minimum atomic E-state index is -4.58. The van der Waals surface area contributed by atoms with Crippen LogP contribution in [0.15, 0.2) is 45.7 Å². The molecule has 0 aliphatic rings. The molecule has 1 aromatic carbocycles. The van der Waals surface area contributed by atoms with Crippen LogP contribution in [-0.2, 0) is 12.7 Å². The highest BCUT2D eigenvalue weighted by Gasteiger charge is 2.33. The zero-order chi connectivity index (χ0) is 17.5. The van der Waals surface area contributed by atoms with E-state index < -0.39 is 17.6 Å². The van der Waals surface area contributed by atoms with Gasteiger partial charge >= 0.3 is 11.9 Å². The van der Waals surface area contributed by atoms with Crippen molar-refractivity contribution < 1.29 is 13.2 Å². The van der Waals surface area contributed by atoms with E-state index in [4.69, 9.17) is 0 Å². The van der Waals surface area contributed by atoms with Crippen LogP contribution in [0, 0.1) is 0 Å². The molecule has 0 saturated carbocycles. The second kappa shape index (κ2) is 6.01. The monoisotopic (exact) mass is 397 g/mol. The van der Waals surface area contributed by atoms with Gasteiger partial charge < -0.3 is 0 Å². The normalized spacial score (nSPS) is 11.9. The summed E-state index contributed by atoms with van der Waals surface area (Å²) < 4.78 is 40.8. The lowest BCUT2D eigenvalue weighted by molar-refractivity contribution is -0.141. The molecule has 4 nitrogen and oxygen atoms in total. The number of hydrogen-bond donors (Lipinski definition) is 0. The molecule has 124 valence electrons. The first-order valence-electron chi connectivity index (χ1n) is 7.06. The second-order valence-electron chi connectivity index (χ2n) is 5.06. The van der Waals surface area contributed by atoms with E-state index in [9.17, 15) is 18.0 Å². The number of pyridine rings is 1. The van der Waals surface area contributed by atoms with E-state index in [1.54, 1.807) is 31.2 Å². The van der Waals surface area contributed by atoms with Gasteiger partial charge in [0.15, 0.2) is 0 Å². The van der Waals surface area contributed by atoms with Crippen LogP contribution >= 0.6 is 15.9 Å². The number of rotatable bonds is 2. The van der Waals surface area contributed by atoms with Crippen molar-refractivity contribution in [3.05, 3.63) is 57.0 Å². The Hall–Kier alpha value is -2.22. The second-order valence-corrected chi connectivity index (χ2v) is 5.98. The number of aromatic nitrogens is 3. The van der Waals surface area contributed by atoms with Gasteiger partial charge in [-0.1, -0.05) is 28.1 Å². The van der Waals surface area contributed by atoms with Crippen LogP contribution in [0.2, 0.25) is 0 Å². The number of fused-ring (bicyclic) bond motifs is 1. The Labute approximate surface area is 143 Å². The van der Waals surface area contributed by atoms with Crippen molar-refractivity contribution in [2.45, 2.75) is 19.6 Å². The van der Waals surface area contributed by atoms with E-state index in [-0.39, 0.29) is 12.2 Å². The molecule has 2 aromatic heterocycles. The van der Waals surface area contributed by atoms with Crippen molar-refractivity contribution in [3.8, 4) is 11.3 Å². The third-order valence-corrected chi connectivity index (χ3v) is 4.02. The van der Waals surface area contributed by atoms with E-state index in [0.29, 0.717) is 16.6 Å². The first kappa shape index (κ1) is 16.6. The van der Waals surface area contributed by atoms with Gasteiger partial charge in [-0.15, -0.1) is 0 Å². The summed E-state index contributed by atoms with van der Waals surface area (Å²) in [6.07, 6.45) is -4.58. The molecule has 0 spiro atoms. The van der Waals surface area contributed by atoms with Crippen LogP contribution in [-0.4, -0.2) is 14.5 Å². The van der Waals surface area contributed by atoms with Crippen LogP contribution in [0.1, 0.15) is 12.6 Å². The van der Waals surface area contributed by atoms with E-state index >= 15 is 0 Å². The third-order valence-electron chi connectivity index (χ3n) is 3.53. The Morgan fingerprint density at radius 3 is 2.54 bits per heavy atom. The molecule has 8 heteroatoms. The van der Waals surface area contributed by atoms with Crippen LogP contribution in [0.25, 0.3) is 22.3 Å². The Morgan fingerprint density at radius 1 is 1.17 bits per heavy atom. The Bertz CT molecular complexity index is 982. The Balaban J connectivity index is 2.39. The zero-order valence-corrected chi connectivity index (χ0v) is 14.0. The zero-order valence-electron chi connectivity index (χ0n) is 12.4. The summed E-state index contributed by atoms with van der Waals surface area (Å²) in [7, 11) is 0. The maximum atomic E-state index is 13.0. The van der Waals surface area contributed by atoms with Gasteiger partial charge in [0, 0.05) is 22.0 Å². The van der Waals surface area contributed by atoms with Gasteiger partial charge in [-0.3, -0.25) is 4.57 Å². The molecule has 0 saturated heterocycles. The average Bonchev–Trinajstić information content (AvgIpc) is 2.52. The van der Waals surface area contributed by atoms with Gasteiger partial charge in [0.05, 0.1) is 5.69 Å². The SMILES string of the molecule is CCn1c(=O)nc(-c2cccc(Br)c2)c2ccc(C(F)(F)F)nc21. The van der Waals surface area contributed by atoms with Gasteiger partial charge in [-0.25, -0.2) is 9.78 Å². The van der Waals surface area contributed by atoms with Gasteiger partial charge in [-0.05, 0) is 31.2 Å². The number of hydrogen-bond acceptors (Lipinski definition) is 3. The maximum Gasteiger partial charge on any atom is 0.433 e. The quantitative estimate of drug-likeness (QED) is 0.648. The predicted molar refractivity (Wildman–Crippen MR) is 87.6 cm³/mol. The number of alkyl halides is 3. The van der Waals surface area contributed by atoms with E-state index in [0.717, 1.165) is 15.1 Å². The number of nitrogens with zero attached hydrogens (tertiary/aromatic N) is 3. The highest BCUT2D eigenvalue weighted by atomic mass is 79.9. The van der Waals surface area contributed by atoms with Crippen molar-refractivity contribution in [1.82, 2.24) is 14.5 Å². The maximum absolute atomic E-state index is 13.0. The summed E-state index contributed by atoms with van der Waals surface area (Å²) in [6, 6.07) is 9.25. The fourth-order valence-electron chi connectivity index (χ4n) is 2.44. The lowest BCUT2D eigenvalue weighted by Gasteiger charge is -2.13. The molecule has 3 rings (SSSR count). The predicted octanol–water partition coefficient (Wildman–Crippen LogP) is 4.26. The number of halogens is 4. The summed E-state index contributed by atoms with van der Waals surface area (Å²) in [6.45, 7) is 1.83. The first-order valence-corrected chi connectivity index (χ1v) is 7.85. The molecule has 0 radical (unpaired) electrons. The molecule has 0 bridgehead atoms. The van der Waals surface area contributed by atoms with Gasteiger partial charge in [0.25, 0.3) is 0 Å². The van der Waals surface area contributed by atoms with Crippen LogP contribution in [0.5, 0.6) is 0 Å². The van der Waals surface area contributed by atoms with Crippen molar-refractivity contribution in [1.29, 1.82) is 0 Å². The van der Waals surface area contributed by atoms with Gasteiger partial charge in [0.1, 0.15) is 11.3 Å². The third kappa shape index (κ3) is 2.93. The fourth-order valence-corrected chi connectivity index (χ4v) is 2.84.